The third-order valence-electron chi connectivity index (χ3n) is 5.99. The summed E-state index contributed by atoms with van der Waals surface area (Å²) in [5.74, 6) is 0. The number of hydrogen-bond acceptors (Lipinski definition) is 5. The highest BCUT2D eigenvalue weighted by Crippen LogP contribution is 2.56. The van der Waals surface area contributed by atoms with Crippen molar-refractivity contribution in [2.75, 3.05) is 21.3 Å². The first kappa shape index (κ1) is 20.1. The molecule has 1 saturated heterocycles. The standard InChI is InChI=1S/C16H36N2O3Si/c1-7-10-16(19-4)15(13(3)17,14(18)8-2)11-9-12-22(16,20-5)21-6/h13-14H,7-12,17-18H2,1-6H3. The van der Waals surface area contributed by atoms with Crippen LogP contribution in [-0.2, 0) is 13.6 Å². The minimum atomic E-state index is -2.59. The Hall–Kier alpha value is 0.0169. The molecule has 0 aromatic heterocycles. The van der Waals surface area contributed by atoms with Crippen LogP contribution in [0.5, 0.6) is 0 Å². The second-order valence-corrected chi connectivity index (χ2v) is 10.3. The summed E-state index contributed by atoms with van der Waals surface area (Å²) >= 11 is 0. The predicted molar refractivity (Wildman–Crippen MR) is 92.8 cm³/mol. The normalized spacial score (nSPS) is 34.4. The Bertz CT molecular complexity index is 352. The molecule has 1 rings (SSSR count). The van der Waals surface area contributed by atoms with E-state index in [1.54, 1.807) is 21.3 Å². The van der Waals surface area contributed by atoms with E-state index in [-0.39, 0.29) is 17.5 Å². The maximum atomic E-state index is 6.65. The molecular formula is C16H36N2O3Si. The van der Waals surface area contributed by atoms with Crippen LogP contribution in [-0.4, -0.2) is 47.2 Å². The molecule has 0 bridgehead atoms. The summed E-state index contributed by atoms with van der Waals surface area (Å²) in [5, 5.41) is -0.514. The lowest BCUT2D eigenvalue weighted by Gasteiger charge is -2.62. The molecule has 5 nitrogen and oxygen atoms in total. The monoisotopic (exact) mass is 332 g/mol. The van der Waals surface area contributed by atoms with Gasteiger partial charge in [0.05, 0.1) is 0 Å². The Morgan fingerprint density at radius 3 is 2.09 bits per heavy atom. The molecule has 4 N–H and O–H groups in total. The number of rotatable bonds is 8. The van der Waals surface area contributed by atoms with Crippen molar-refractivity contribution in [3.63, 3.8) is 0 Å². The summed E-state index contributed by atoms with van der Waals surface area (Å²) in [5.41, 5.74) is 12.9. The smallest absolute Gasteiger partial charge is 0.371 e. The fourth-order valence-corrected chi connectivity index (χ4v) is 9.46. The third kappa shape index (κ3) is 2.58. The molecule has 1 aliphatic heterocycles. The van der Waals surface area contributed by atoms with Gasteiger partial charge in [-0.2, -0.15) is 0 Å². The lowest BCUT2D eigenvalue weighted by Crippen LogP contribution is -2.79. The van der Waals surface area contributed by atoms with Crippen LogP contribution < -0.4 is 11.5 Å². The van der Waals surface area contributed by atoms with Crippen molar-refractivity contribution < 1.29 is 13.6 Å². The minimum absolute atomic E-state index is 0.0310. The molecule has 1 aliphatic rings. The molecule has 1 fully saturated rings. The van der Waals surface area contributed by atoms with Crippen LogP contribution in [0.15, 0.2) is 0 Å². The zero-order chi connectivity index (χ0) is 17.0. The SMILES string of the molecule is CCCC1(OC)C(C(C)N)(C(N)CC)CCC[Si]1(OC)OC. The Balaban J connectivity index is 3.63. The van der Waals surface area contributed by atoms with Gasteiger partial charge in [-0.15, -0.1) is 0 Å². The summed E-state index contributed by atoms with van der Waals surface area (Å²) in [6, 6.07) is 0.821. The van der Waals surface area contributed by atoms with Gasteiger partial charge in [0.1, 0.15) is 5.22 Å². The number of ether oxygens (including phenoxy) is 1. The second kappa shape index (κ2) is 7.72. The van der Waals surface area contributed by atoms with Crippen LogP contribution in [0.1, 0.15) is 52.9 Å². The average Bonchev–Trinajstić information content (AvgIpc) is 2.53. The summed E-state index contributed by atoms with van der Waals surface area (Å²) in [6.45, 7) is 6.36. The van der Waals surface area contributed by atoms with E-state index in [0.29, 0.717) is 0 Å². The van der Waals surface area contributed by atoms with Gasteiger partial charge < -0.3 is 25.1 Å². The van der Waals surface area contributed by atoms with Gasteiger partial charge in [0.2, 0.25) is 0 Å². The van der Waals surface area contributed by atoms with Gasteiger partial charge in [-0.3, -0.25) is 0 Å². The molecular weight excluding hydrogens is 296 g/mol. The molecule has 1 heterocycles. The molecule has 0 aromatic carbocycles. The first-order chi connectivity index (χ1) is 10.4. The highest BCUT2D eigenvalue weighted by Gasteiger charge is 2.71. The maximum absolute atomic E-state index is 6.65. The Labute approximate surface area is 137 Å². The van der Waals surface area contributed by atoms with Gasteiger partial charge in [0.15, 0.2) is 0 Å². The van der Waals surface area contributed by atoms with Gasteiger partial charge in [-0.25, -0.2) is 0 Å². The van der Waals surface area contributed by atoms with Crippen LogP contribution in [0.3, 0.4) is 0 Å². The van der Waals surface area contributed by atoms with Crippen molar-refractivity contribution in [1.82, 2.24) is 0 Å². The minimum Gasteiger partial charge on any atom is -0.396 e. The molecule has 0 spiro atoms. The predicted octanol–water partition coefficient (Wildman–Crippen LogP) is 2.31. The molecule has 4 atom stereocenters. The molecule has 6 heteroatoms. The average molecular weight is 333 g/mol. The van der Waals surface area contributed by atoms with Crippen molar-refractivity contribution in [2.24, 2.45) is 16.9 Å². The fourth-order valence-electron chi connectivity index (χ4n) is 4.99. The van der Waals surface area contributed by atoms with Gasteiger partial charge in [-0.05, 0) is 32.2 Å². The molecule has 0 saturated carbocycles. The van der Waals surface area contributed by atoms with E-state index in [2.05, 4.69) is 20.8 Å². The van der Waals surface area contributed by atoms with Crippen LogP contribution in [0, 0.1) is 5.41 Å². The summed E-state index contributed by atoms with van der Waals surface area (Å²) in [4.78, 5) is 0. The van der Waals surface area contributed by atoms with Crippen LogP contribution in [0.25, 0.3) is 0 Å². The third-order valence-corrected chi connectivity index (χ3v) is 10.5. The Morgan fingerprint density at radius 1 is 1.14 bits per heavy atom. The fraction of sp³-hybridized carbons (Fsp3) is 1.00. The van der Waals surface area contributed by atoms with Crippen molar-refractivity contribution in [1.29, 1.82) is 0 Å². The van der Waals surface area contributed by atoms with Gasteiger partial charge in [0, 0.05) is 38.8 Å². The first-order valence-corrected chi connectivity index (χ1v) is 10.6. The summed E-state index contributed by atoms with van der Waals surface area (Å²) in [6.07, 6.45) is 4.72. The molecule has 22 heavy (non-hydrogen) atoms. The van der Waals surface area contributed by atoms with E-state index >= 15 is 0 Å². The zero-order valence-electron chi connectivity index (χ0n) is 15.3. The van der Waals surface area contributed by atoms with Gasteiger partial charge in [-0.1, -0.05) is 26.7 Å². The number of methoxy groups -OCH3 is 1. The topological polar surface area (TPSA) is 79.7 Å². The Morgan fingerprint density at radius 2 is 1.73 bits per heavy atom. The second-order valence-electron chi connectivity index (χ2n) is 6.64. The van der Waals surface area contributed by atoms with E-state index in [1.165, 1.54) is 0 Å². The Kier molecular flexibility index (Phi) is 7.04. The molecule has 0 aliphatic carbocycles. The van der Waals surface area contributed by atoms with Crippen LogP contribution >= 0.6 is 0 Å². The van der Waals surface area contributed by atoms with E-state index in [4.69, 9.17) is 25.1 Å². The number of hydrogen-bond donors (Lipinski definition) is 2. The summed E-state index contributed by atoms with van der Waals surface area (Å²) < 4.78 is 18.4. The lowest BCUT2D eigenvalue weighted by atomic mass is 9.64. The van der Waals surface area contributed by atoms with Crippen LogP contribution in [0.2, 0.25) is 6.04 Å². The van der Waals surface area contributed by atoms with Crippen LogP contribution in [0.4, 0.5) is 0 Å². The highest BCUT2D eigenvalue weighted by atomic mass is 28.4. The molecule has 4 unspecified atom stereocenters. The quantitative estimate of drug-likeness (QED) is 0.667. The molecule has 0 amide bonds. The van der Waals surface area contributed by atoms with Crippen molar-refractivity contribution >= 4 is 8.56 Å². The zero-order valence-corrected chi connectivity index (χ0v) is 16.3. The largest absolute Gasteiger partial charge is 0.396 e. The maximum Gasteiger partial charge on any atom is 0.371 e. The molecule has 132 valence electrons. The lowest BCUT2D eigenvalue weighted by molar-refractivity contribution is -0.128. The van der Waals surface area contributed by atoms with Crippen molar-refractivity contribution in [3.05, 3.63) is 0 Å². The number of nitrogens with two attached hydrogens (primary N) is 2. The van der Waals surface area contributed by atoms with Crippen molar-refractivity contribution in [2.45, 2.75) is 76.2 Å². The van der Waals surface area contributed by atoms with E-state index < -0.39 is 13.8 Å². The van der Waals surface area contributed by atoms with E-state index in [9.17, 15) is 0 Å². The van der Waals surface area contributed by atoms with Gasteiger partial charge >= 0.3 is 8.56 Å². The summed E-state index contributed by atoms with van der Waals surface area (Å²) in [7, 11) is 2.70. The van der Waals surface area contributed by atoms with E-state index in [1.807, 2.05) is 0 Å². The molecule has 0 radical (unpaired) electrons. The van der Waals surface area contributed by atoms with Gasteiger partial charge in [0.25, 0.3) is 0 Å². The van der Waals surface area contributed by atoms with E-state index in [0.717, 1.165) is 38.1 Å². The highest BCUT2D eigenvalue weighted by molar-refractivity contribution is 6.71. The van der Waals surface area contributed by atoms with Crippen molar-refractivity contribution in [3.8, 4) is 0 Å². The molecule has 0 aromatic rings. The first-order valence-electron chi connectivity index (χ1n) is 8.54.